The Morgan fingerprint density at radius 2 is 2.00 bits per heavy atom. The van der Waals surface area contributed by atoms with E-state index < -0.39 is 23.8 Å². The average Bonchev–Trinajstić information content (AvgIpc) is 3.15. The van der Waals surface area contributed by atoms with E-state index in [1.165, 1.54) is 12.1 Å². The van der Waals surface area contributed by atoms with Crippen molar-refractivity contribution in [1.82, 2.24) is 15.5 Å². The number of hydrogen-bond donors (Lipinski definition) is 2. The normalized spacial score (nSPS) is 33.7. The first kappa shape index (κ1) is 14.8. The number of carbonyl (C=O) groups excluding carboxylic acids is 1. The van der Waals surface area contributed by atoms with Gasteiger partial charge >= 0.3 is 6.09 Å². The van der Waals surface area contributed by atoms with Gasteiger partial charge in [0.15, 0.2) is 11.6 Å². The predicted molar refractivity (Wildman–Crippen MR) is 78.6 cm³/mol. The molecule has 0 bridgehead atoms. The van der Waals surface area contributed by atoms with Crippen molar-refractivity contribution in [3.05, 3.63) is 35.4 Å². The van der Waals surface area contributed by atoms with Gasteiger partial charge in [0.05, 0.1) is 6.04 Å². The molecule has 2 saturated heterocycles. The number of cyclic esters (lactones) is 1. The van der Waals surface area contributed by atoms with Crippen molar-refractivity contribution in [3.63, 3.8) is 0 Å². The molecule has 0 radical (unpaired) electrons. The zero-order valence-electron chi connectivity index (χ0n) is 12.6. The molecule has 1 aromatic carbocycles. The molecule has 4 rings (SSSR count). The topological polar surface area (TPSA) is 53.6 Å². The van der Waals surface area contributed by atoms with Crippen molar-refractivity contribution in [1.29, 1.82) is 0 Å². The number of ether oxygens (including phenoxy) is 1. The molecule has 1 aliphatic carbocycles. The second kappa shape index (κ2) is 5.72. The van der Waals surface area contributed by atoms with Crippen molar-refractivity contribution in [2.45, 2.75) is 43.4 Å². The van der Waals surface area contributed by atoms with Crippen LogP contribution in [0.5, 0.6) is 0 Å². The van der Waals surface area contributed by atoms with Crippen LogP contribution in [0.4, 0.5) is 13.6 Å². The van der Waals surface area contributed by atoms with Crippen molar-refractivity contribution >= 4 is 6.09 Å². The quantitative estimate of drug-likeness (QED) is 0.873. The molecular weight excluding hydrogens is 304 g/mol. The summed E-state index contributed by atoms with van der Waals surface area (Å²) in [5, 5.41) is 6.76. The average molecular weight is 323 g/mol. The summed E-state index contributed by atoms with van der Waals surface area (Å²) in [6.45, 7) is 0.837. The third kappa shape index (κ3) is 2.48. The largest absolute Gasteiger partial charge is 0.447 e. The molecule has 0 aromatic heterocycles. The molecule has 23 heavy (non-hydrogen) atoms. The number of benzene rings is 1. The van der Waals surface area contributed by atoms with Crippen LogP contribution in [-0.2, 0) is 4.74 Å². The summed E-state index contributed by atoms with van der Waals surface area (Å²) in [4.78, 5) is 13.8. The smallest absolute Gasteiger partial charge is 0.410 e. The SMILES string of the molecule is O=C1OC[C@H](c2cccc(F)c2F)N1C1CCC2NCNC2C1. The Morgan fingerprint density at radius 1 is 1.17 bits per heavy atom. The molecule has 4 atom stereocenters. The summed E-state index contributed by atoms with van der Waals surface area (Å²) in [6, 6.07) is 4.22. The minimum Gasteiger partial charge on any atom is -0.447 e. The zero-order valence-corrected chi connectivity index (χ0v) is 12.6. The van der Waals surface area contributed by atoms with Gasteiger partial charge in [0.2, 0.25) is 0 Å². The Morgan fingerprint density at radius 3 is 2.87 bits per heavy atom. The Hall–Kier alpha value is -1.73. The Balaban J connectivity index is 1.60. The van der Waals surface area contributed by atoms with Crippen LogP contribution in [0.2, 0.25) is 0 Å². The van der Waals surface area contributed by atoms with Gasteiger partial charge in [0, 0.05) is 30.4 Å². The molecule has 0 spiro atoms. The van der Waals surface area contributed by atoms with Crippen LogP contribution in [0.1, 0.15) is 30.9 Å². The molecule has 2 N–H and O–H groups in total. The lowest BCUT2D eigenvalue weighted by atomic mass is 9.86. The first-order valence-electron chi connectivity index (χ1n) is 8.01. The van der Waals surface area contributed by atoms with Crippen LogP contribution < -0.4 is 10.6 Å². The summed E-state index contributed by atoms with van der Waals surface area (Å²) in [5.74, 6) is -1.79. The highest BCUT2D eigenvalue weighted by Gasteiger charge is 2.44. The molecule has 1 amide bonds. The second-order valence-electron chi connectivity index (χ2n) is 6.41. The number of hydrogen-bond acceptors (Lipinski definition) is 4. The van der Waals surface area contributed by atoms with Crippen LogP contribution in [0, 0.1) is 11.6 Å². The fourth-order valence-corrected chi connectivity index (χ4v) is 4.05. The third-order valence-corrected chi connectivity index (χ3v) is 5.20. The van der Waals surface area contributed by atoms with Gasteiger partial charge in [-0.3, -0.25) is 4.90 Å². The summed E-state index contributed by atoms with van der Waals surface area (Å²) < 4.78 is 32.8. The van der Waals surface area contributed by atoms with E-state index in [0.29, 0.717) is 12.1 Å². The van der Waals surface area contributed by atoms with E-state index in [2.05, 4.69) is 10.6 Å². The molecule has 3 aliphatic rings. The van der Waals surface area contributed by atoms with Crippen LogP contribution in [0.15, 0.2) is 18.2 Å². The molecule has 2 aliphatic heterocycles. The molecule has 1 aromatic rings. The number of nitrogens with one attached hydrogen (secondary N) is 2. The van der Waals surface area contributed by atoms with E-state index in [0.717, 1.165) is 32.0 Å². The highest BCUT2D eigenvalue weighted by molar-refractivity contribution is 5.71. The van der Waals surface area contributed by atoms with Gasteiger partial charge in [0.1, 0.15) is 6.61 Å². The summed E-state index contributed by atoms with van der Waals surface area (Å²) in [7, 11) is 0. The number of fused-ring (bicyclic) bond motifs is 1. The van der Waals surface area contributed by atoms with Crippen molar-refractivity contribution in [3.8, 4) is 0 Å². The molecule has 2 heterocycles. The van der Waals surface area contributed by atoms with Gasteiger partial charge in [-0.1, -0.05) is 12.1 Å². The summed E-state index contributed by atoms with van der Waals surface area (Å²) in [5.41, 5.74) is 0.190. The Kier molecular flexibility index (Phi) is 3.69. The van der Waals surface area contributed by atoms with E-state index in [4.69, 9.17) is 4.74 Å². The molecule has 5 nitrogen and oxygen atoms in total. The number of nitrogens with zero attached hydrogens (tertiary/aromatic N) is 1. The standard InChI is InChI=1S/C16H19F2N3O2/c17-11-3-1-2-10(15(11)18)14-7-23-16(22)21(14)9-4-5-12-13(6-9)20-8-19-12/h1-3,9,12-14,19-20H,4-8H2/t9?,12?,13?,14-/m1/s1. The number of amides is 1. The van der Waals surface area contributed by atoms with Gasteiger partial charge in [-0.15, -0.1) is 0 Å². The molecule has 3 fully saturated rings. The Bertz CT molecular complexity index is 627. The van der Waals surface area contributed by atoms with Gasteiger partial charge < -0.3 is 15.4 Å². The van der Waals surface area contributed by atoms with Crippen LogP contribution in [0.3, 0.4) is 0 Å². The maximum absolute atomic E-state index is 14.1. The first-order chi connectivity index (χ1) is 11.1. The van der Waals surface area contributed by atoms with Crippen molar-refractivity contribution < 1.29 is 18.3 Å². The fourth-order valence-electron chi connectivity index (χ4n) is 4.05. The second-order valence-corrected chi connectivity index (χ2v) is 6.41. The molecule has 7 heteroatoms. The third-order valence-electron chi connectivity index (χ3n) is 5.20. The predicted octanol–water partition coefficient (Wildman–Crippen LogP) is 1.90. The number of halogens is 2. The first-order valence-corrected chi connectivity index (χ1v) is 8.01. The van der Waals surface area contributed by atoms with E-state index in [-0.39, 0.29) is 18.2 Å². The number of carbonyl (C=O) groups is 1. The van der Waals surface area contributed by atoms with Crippen LogP contribution in [-0.4, -0.2) is 42.4 Å². The molecule has 124 valence electrons. The molecule has 3 unspecified atom stereocenters. The van der Waals surface area contributed by atoms with Gasteiger partial charge in [0.25, 0.3) is 0 Å². The molecule has 1 saturated carbocycles. The maximum atomic E-state index is 14.1. The fraction of sp³-hybridized carbons (Fsp3) is 0.562. The summed E-state index contributed by atoms with van der Waals surface area (Å²) in [6.07, 6.45) is 2.14. The van der Waals surface area contributed by atoms with Gasteiger partial charge in [-0.05, 0) is 25.3 Å². The van der Waals surface area contributed by atoms with Gasteiger partial charge in [-0.2, -0.15) is 0 Å². The van der Waals surface area contributed by atoms with Crippen LogP contribution in [0.25, 0.3) is 0 Å². The van der Waals surface area contributed by atoms with E-state index in [1.807, 2.05) is 0 Å². The Labute approximate surface area is 133 Å². The van der Waals surface area contributed by atoms with E-state index in [9.17, 15) is 13.6 Å². The lowest BCUT2D eigenvalue weighted by molar-refractivity contribution is 0.123. The van der Waals surface area contributed by atoms with E-state index in [1.54, 1.807) is 4.90 Å². The van der Waals surface area contributed by atoms with Crippen LogP contribution >= 0.6 is 0 Å². The van der Waals surface area contributed by atoms with Crippen molar-refractivity contribution in [2.24, 2.45) is 0 Å². The zero-order chi connectivity index (χ0) is 16.0. The monoisotopic (exact) mass is 323 g/mol. The maximum Gasteiger partial charge on any atom is 0.410 e. The minimum atomic E-state index is -0.896. The summed E-state index contributed by atoms with van der Waals surface area (Å²) >= 11 is 0. The minimum absolute atomic E-state index is 0.0219. The lowest BCUT2D eigenvalue weighted by Gasteiger charge is -2.38. The highest BCUT2D eigenvalue weighted by Crippen LogP contribution is 2.36. The molecular formula is C16H19F2N3O2. The highest BCUT2D eigenvalue weighted by atomic mass is 19.2. The van der Waals surface area contributed by atoms with Gasteiger partial charge in [-0.25, -0.2) is 13.6 Å². The van der Waals surface area contributed by atoms with Crippen molar-refractivity contribution in [2.75, 3.05) is 13.3 Å². The lowest BCUT2D eigenvalue weighted by Crippen LogP contribution is -2.49. The number of rotatable bonds is 2. The van der Waals surface area contributed by atoms with E-state index >= 15 is 0 Å².